The molecule has 0 unspecified atom stereocenters. The highest BCUT2D eigenvalue weighted by atomic mass is 19.3. The number of amides is 1. The number of aryl methyl sites for hydroxylation is 1. The number of nitrogens with zero attached hydrogens (tertiary/aromatic N) is 4. The Bertz CT molecular complexity index is 1550. The molecule has 0 spiro atoms. The first-order valence-corrected chi connectivity index (χ1v) is 10.7. The van der Waals surface area contributed by atoms with Crippen molar-refractivity contribution in [3.05, 3.63) is 83.6 Å². The number of carbonyl (C=O) groups excluding carboxylic acids is 1. The van der Waals surface area contributed by atoms with Gasteiger partial charge in [0.05, 0.1) is 29.3 Å². The molecule has 0 fully saturated rings. The molecule has 5 aromatic rings. The number of halogens is 2. The highest BCUT2D eigenvalue weighted by Crippen LogP contribution is 2.32. The molecule has 1 amide bonds. The van der Waals surface area contributed by atoms with Crippen LogP contribution >= 0.6 is 0 Å². The fourth-order valence-electron chi connectivity index (χ4n) is 4.17. The van der Waals surface area contributed by atoms with Gasteiger partial charge in [-0.2, -0.15) is 5.10 Å². The third-order valence-electron chi connectivity index (χ3n) is 5.85. The van der Waals surface area contributed by atoms with Gasteiger partial charge in [0.1, 0.15) is 0 Å². The van der Waals surface area contributed by atoms with Gasteiger partial charge in [-0.25, -0.2) is 13.8 Å². The molecule has 0 saturated heterocycles. The van der Waals surface area contributed by atoms with E-state index in [-0.39, 0.29) is 12.1 Å². The Morgan fingerprint density at radius 3 is 2.62 bits per heavy atom. The standard InChI is InChI=1S/C25H22F2N6O/c1-25(26,27)19-6-4-3-5-16(19)14-33-22-9-7-15(23(28)34)12-20(22)31-24(33)30-18-8-10-21-17(11-18)13-29-32(21)2/h3-13H,14H2,1-2H3,(H2,28,34)(H,30,31). The lowest BCUT2D eigenvalue weighted by Gasteiger charge is -2.18. The van der Waals surface area contributed by atoms with Gasteiger partial charge in [0.2, 0.25) is 11.9 Å². The lowest BCUT2D eigenvalue weighted by Crippen LogP contribution is -2.14. The second-order valence-corrected chi connectivity index (χ2v) is 8.30. The number of nitrogens with two attached hydrogens (primary N) is 1. The SMILES string of the molecule is Cn1ncc2cc(Nc3nc4cc(C(N)=O)ccc4n3Cc3ccccc3C(C)(F)F)ccc21. The Morgan fingerprint density at radius 2 is 1.85 bits per heavy atom. The Morgan fingerprint density at radius 1 is 1.09 bits per heavy atom. The van der Waals surface area contributed by atoms with Crippen molar-refractivity contribution >= 4 is 39.5 Å². The number of primary amides is 1. The maximum atomic E-state index is 14.3. The molecule has 172 valence electrons. The van der Waals surface area contributed by atoms with E-state index in [1.807, 2.05) is 29.8 Å². The fraction of sp³-hybridized carbons (Fsp3) is 0.160. The molecule has 9 heteroatoms. The van der Waals surface area contributed by atoms with Crippen LogP contribution in [0, 0.1) is 0 Å². The van der Waals surface area contributed by atoms with E-state index in [9.17, 15) is 13.6 Å². The van der Waals surface area contributed by atoms with E-state index in [1.165, 1.54) is 6.07 Å². The van der Waals surface area contributed by atoms with Crippen LogP contribution in [0.15, 0.2) is 66.9 Å². The highest BCUT2D eigenvalue weighted by Gasteiger charge is 2.27. The monoisotopic (exact) mass is 460 g/mol. The van der Waals surface area contributed by atoms with Crippen LogP contribution in [0.5, 0.6) is 0 Å². The molecule has 5 rings (SSSR count). The molecule has 2 aromatic heterocycles. The Kier molecular flexibility index (Phi) is 5.04. The number of anilines is 2. The smallest absolute Gasteiger partial charge is 0.270 e. The van der Waals surface area contributed by atoms with Gasteiger partial charge >= 0.3 is 0 Å². The topological polar surface area (TPSA) is 90.8 Å². The Labute approximate surface area is 193 Å². The second-order valence-electron chi connectivity index (χ2n) is 8.30. The van der Waals surface area contributed by atoms with Crippen LogP contribution in [0.1, 0.15) is 28.4 Å². The van der Waals surface area contributed by atoms with Crippen molar-refractivity contribution in [3.8, 4) is 0 Å². The van der Waals surface area contributed by atoms with Crippen LogP contribution in [-0.4, -0.2) is 25.2 Å². The van der Waals surface area contributed by atoms with Crippen molar-refractivity contribution in [1.29, 1.82) is 0 Å². The minimum Gasteiger partial charge on any atom is -0.366 e. The summed E-state index contributed by atoms with van der Waals surface area (Å²) in [5.41, 5.74) is 9.14. The van der Waals surface area contributed by atoms with Crippen molar-refractivity contribution in [1.82, 2.24) is 19.3 Å². The van der Waals surface area contributed by atoms with Crippen LogP contribution in [0.25, 0.3) is 21.9 Å². The minimum absolute atomic E-state index is 0.0478. The van der Waals surface area contributed by atoms with E-state index in [2.05, 4.69) is 15.4 Å². The molecule has 0 aliphatic heterocycles. The number of hydrogen-bond donors (Lipinski definition) is 2. The zero-order valence-electron chi connectivity index (χ0n) is 18.6. The lowest BCUT2D eigenvalue weighted by atomic mass is 10.0. The molecular formula is C25H22F2N6O. The van der Waals surface area contributed by atoms with Crippen LogP contribution in [-0.2, 0) is 19.5 Å². The number of alkyl halides is 2. The summed E-state index contributed by atoms with van der Waals surface area (Å²) in [6.45, 7) is 1.04. The number of nitrogens with one attached hydrogen (secondary N) is 1. The van der Waals surface area contributed by atoms with E-state index in [1.54, 1.807) is 47.3 Å². The minimum atomic E-state index is -2.99. The number of rotatable bonds is 6. The van der Waals surface area contributed by atoms with E-state index >= 15 is 0 Å². The number of carbonyl (C=O) groups is 1. The van der Waals surface area contributed by atoms with Gasteiger partial charge in [-0.3, -0.25) is 9.48 Å². The van der Waals surface area contributed by atoms with E-state index in [0.717, 1.165) is 23.5 Å². The Hall–Kier alpha value is -4.27. The van der Waals surface area contributed by atoms with Gasteiger partial charge in [-0.15, -0.1) is 0 Å². The first-order valence-electron chi connectivity index (χ1n) is 10.7. The molecule has 0 bridgehead atoms. The summed E-state index contributed by atoms with van der Waals surface area (Å²) in [5.74, 6) is -3.11. The first-order chi connectivity index (χ1) is 16.2. The maximum absolute atomic E-state index is 14.3. The molecule has 7 nitrogen and oxygen atoms in total. The van der Waals surface area contributed by atoms with Gasteiger partial charge in [0.15, 0.2) is 0 Å². The molecule has 0 saturated carbocycles. The average molecular weight is 460 g/mol. The molecule has 34 heavy (non-hydrogen) atoms. The number of hydrogen-bond acceptors (Lipinski definition) is 4. The summed E-state index contributed by atoms with van der Waals surface area (Å²) in [7, 11) is 1.87. The molecule has 0 radical (unpaired) electrons. The molecule has 0 aliphatic carbocycles. The Balaban J connectivity index is 1.63. The van der Waals surface area contributed by atoms with Gasteiger partial charge in [0, 0.05) is 36.2 Å². The maximum Gasteiger partial charge on any atom is 0.270 e. The third kappa shape index (κ3) is 3.85. The summed E-state index contributed by atoms with van der Waals surface area (Å²) < 4.78 is 32.2. The molecule has 3 N–H and O–H groups in total. The number of aromatic nitrogens is 4. The molecule has 2 heterocycles. The first kappa shape index (κ1) is 21.6. The number of imidazole rings is 1. The lowest BCUT2D eigenvalue weighted by molar-refractivity contribution is 0.0165. The third-order valence-corrected chi connectivity index (χ3v) is 5.85. The average Bonchev–Trinajstić information content (AvgIpc) is 3.33. The summed E-state index contributed by atoms with van der Waals surface area (Å²) >= 11 is 0. The quantitative estimate of drug-likeness (QED) is 0.376. The zero-order valence-corrected chi connectivity index (χ0v) is 18.6. The predicted octanol–water partition coefficient (Wildman–Crippen LogP) is 4.93. The van der Waals surface area contributed by atoms with Crippen molar-refractivity contribution in [2.75, 3.05) is 5.32 Å². The molecule has 3 aromatic carbocycles. The van der Waals surface area contributed by atoms with Gasteiger partial charge in [-0.1, -0.05) is 24.3 Å². The summed E-state index contributed by atoms with van der Waals surface area (Å²) in [5, 5.41) is 8.51. The van der Waals surface area contributed by atoms with Crippen molar-refractivity contribution in [3.63, 3.8) is 0 Å². The normalized spacial score (nSPS) is 11.9. The van der Waals surface area contributed by atoms with Gasteiger partial charge in [-0.05, 0) is 42.0 Å². The van der Waals surface area contributed by atoms with E-state index < -0.39 is 11.8 Å². The van der Waals surface area contributed by atoms with Crippen LogP contribution in [0.2, 0.25) is 0 Å². The van der Waals surface area contributed by atoms with Crippen molar-refractivity contribution in [2.45, 2.75) is 19.4 Å². The van der Waals surface area contributed by atoms with Crippen molar-refractivity contribution in [2.24, 2.45) is 12.8 Å². The number of benzene rings is 3. The van der Waals surface area contributed by atoms with E-state index in [4.69, 9.17) is 5.73 Å². The molecular weight excluding hydrogens is 438 g/mol. The fourth-order valence-corrected chi connectivity index (χ4v) is 4.17. The molecule has 0 atom stereocenters. The summed E-state index contributed by atoms with van der Waals surface area (Å²) in [6, 6.07) is 17.2. The molecule has 0 aliphatic rings. The van der Waals surface area contributed by atoms with Gasteiger partial charge < -0.3 is 15.6 Å². The summed E-state index contributed by atoms with van der Waals surface area (Å²) in [6.07, 6.45) is 1.77. The predicted molar refractivity (Wildman–Crippen MR) is 127 cm³/mol. The second kappa shape index (κ2) is 7.95. The largest absolute Gasteiger partial charge is 0.366 e. The van der Waals surface area contributed by atoms with E-state index in [0.29, 0.717) is 28.1 Å². The zero-order chi connectivity index (χ0) is 24.0. The van der Waals surface area contributed by atoms with Gasteiger partial charge in [0.25, 0.3) is 5.92 Å². The van der Waals surface area contributed by atoms with Crippen LogP contribution in [0.4, 0.5) is 20.4 Å². The summed E-state index contributed by atoms with van der Waals surface area (Å²) in [4.78, 5) is 16.3. The highest BCUT2D eigenvalue weighted by molar-refractivity contribution is 5.96. The van der Waals surface area contributed by atoms with Crippen LogP contribution < -0.4 is 11.1 Å². The van der Waals surface area contributed by atoms with Crippen molar-refractivity contribution < 1.29 is 13.6 Å². The number of fused-ring (bicyclic) bond motifs is 2. The van der Waals surface area contributed by atoms with Crippen LogP contribution in [0.3, 0.4) is 0 Å².